The van der Waals surface area contributed by atoms with Gasteiger partial charge in [-0.25, -0.2) is 0 Å². The smallest absolute Gasteiger partial charge is 0.277 e. The first-order valence-corrected chi connectivity index (χ1v) is 10.1. The first kappa shape index (κ1) is 21.0. The minimum atomic E-state index is -0.479. The van der Waals surface area contributed by atoms with Gasteiger partial charge in [0, 0.05) is 45.0 Å². The summed E-state index contributed by atoms with van der Waals surface area (Å²) in [7, 11) is 0. The standard InChI is InChI=1S/C21H27N3O5/c1-3-29-14-4-11-23-20(25)18(16-5-7-17(8-6-16)24(27)28)19(21(23)26)22-12-9-15(2)10-13-22/h5-8,15H,3-4,9-14H2,1-2H3. The predicted molar refractivity (Wildman–Crippen MR) is 108 cm³/mol. The van der Waals surface area contributed by atoms with Crippen LogP contribution < -0.4 is 0 Å². The van der Waals surface area contributed by atoms with E-state index >= 15 is 0 Å². The minimum Gasteiger partial charge on any atom is -0.382 e. The Kier molecular flexibility index (Phi) is 6.64. The summed E-state index contributed by atoms with van der Waals surface area (Å²) >= 11 is 0. The van der Waals surface area contributed by atoms with Crippen LogP contribution in [0.15, 0.2) is 30.0 Å². The van der Waals surface area contributed by atoms with Crippen molar-refractivity contribution in [3.8, 4) is 0 Å². The lowest BCUT2D eigenvalue weighted by atomic mass is 9.97. The van der Waals surface area contributed by atoms with Crippen molar-refractivity contribution in [3.05, 3.63) is 45.6 Å². The quantitative estimate of drug-likeness (QED) is 0.288. The van der Waals surface area contributed by atoms with Crippen molar-refractivity contribution in [1.29, 1.82) is 0 Å². The number of hydrogen-bond donors (Lipinski definition) is 0. The lowest BCUT2D eigenvalue weighted by Gasteiger charge is -2.32. The molecule has 0 aliphatic carbocycles. The number of likely N-dealkylation sites (tertiary alicyclic amines) is 1. The van der Waals surface area contributed by atoms with Crippen LogP contribution in [0.5, 0.6) is 0 Å². The van der Waals surface area contributed by atoms with Crippen LogP contribution in [-0.2, 0) is 14.3 Å². The summed E-state index contributed by atoms with van der Waals surface area (Å²) in [6.07, 6.45) is 2.49. The van der Waals surface area contributed by atoms with E-state index in [2.05, 4.69) is 6.92 Å². The highest BCUT2D eigenvalue weighted by molar-refractivity contribution is 6.35. The van der Waals surface area contributed by atoms with E-state index in [1.54, 1.807) is 12.1 Å². The van der Waals surface area contributed by atoms with Crippen LogP contribution in [0.2, 0.25) is 0 Å². The molecule has 2 aliphatic rings. The van der Waals surface area contributed by atoms with Gasteiger partial charge in [0.25, 0.3) is 17.5 Å². The van der Waals surface area contributed by atoms with Crippen molar-refractivity contribution in [2.45, 2.75) is 33.1 Å². The first-order valence-electron chi connectivity index (χ1n) is 10.1. The van der Waals surface area contributed by atoms with Crippen LogP contribution in [-0.4, -0.2) is 59.4 Å². The molecule has 2 aliphatic heterocycles. The van der Waals surface area contributed by atoms with E-state index < -0.39 is 4.92 Å². The molecule has 2 heterocycles. The Morgan fingerprint density at radius 3 is 2.38 bits per heavy atom. The van der Waals surface area contributed by atoms with Crippen LogP contribution in [0.25, 0.3) is 5.57 Å². The predicted octanol–water partition coefficient (Wildman–Crippen LogP) is 2.83. The second-order valence-corrected chi connectivity index (χ2v) is 7.51. The van der Waals surface area contributed by atoms with Gasteiger partial charge >= 0.3 is 0 Å². The van der Waals surface area contributed by atoms with E-state index in [9.17, 15) is 19.7 Å². The topological polar surface area (TPSA) is 93.0 Å². The summed E-state index contributed by atoms with van der Waals surface area (Å²) in [6.45, 7) is 6.89. The lowest BCUT2D eigenvalue weighted by Crippen LogP contribution is -2.39. The Labute approximate surface area is 170 Å². The first-order chi connectivity index (χ1) is 13.9. The van der Waals surface area contributed by atoms with Crippen molar-refractivity contribution < 1.29 is 19.2 Å². The highest BCUT2D eigenvalue weighted by Gasteiger charge is 2.41. The van der Waals surface area contributed by atoms with Gasteiger partial charge in [0.15, 0.2) is 0 Å². The molecule has 0 spiro atoms. The fourth-order valence-corrected chi connectivity index (χ4v) is 3.77. The lowest BCUT2D eigenvalue weighted by molar-refractivity contribution is -0.384. The van der Waals surface area contributed by atoms with Gasteiger partial charge in [0.1, 0.15) is 5.70 Å². The molecule has 1 aromatic rings. The zero-order valence-corrected chi connectivity index (χ0v) is 16.9. The van der Waals surface area contributed by atoms with Gasteiger partial charge in [0.05, 0.1) is 10.5 Å². The maximum absolute atomic E-state index is 13.2. The van der Waals surface area contributed by atoms with Gasteiger partial charge in [0.2, 0.25) is 0 Å². The summed E-state index contributed by atoms with van der Waals surface area (Å²) in [6, 6.07) is 5.84. The Hall–Kier alpha value is -2.74. The van der Waals surface area contributed by atoms with Crippen molar-refractivity contribution in [1.82, 2.24) is 9.80 Å². The molecule has 0 radical (unpaired) electrons. The second kappa shape index (κ2) is 9.17. The monoisotopic (exact) mass is 401 g/mol. The number of carbonyl (C=O) groups is 2. The summed E-state index contributed by atoms with van der Waals surface area (Å²) in [5.41, 5.74) is 1.26. The average molecular weight is 401 g/mol. The average Bonchev–Trinajstić information content (AvgIpc) is 2.96. The number of ether oxygens (including phenoxy) is 1. The van der Waals surface area contributed by atoms with E-state index in [4.69, 9.17) is 4.74 Å². The Bertz CT molecular complexity index is 810. The summed E-state index contributed by atoms with van der Waals surface area (Å²) in [5.74, 6) is -0.0347. The fourth-order valence-electron chi connectivity index (χ4n) is 3.77. The van der Waals surface area contributed by atoms with Gasteiger partial charge < -0.3 is 9.64 Å². The zero-order chi connectivity index (χ0) is 21.0. The number of nitro groups is 1. The number of piperidine rings is 1. The number of imide groups is 1. The second-order valence-electron chi connectivity index (χ2n) is 7.51. The fraction of sp³-hybridized carbons (Fsp3) is 0.524. The highest BCUT2D eigenvalue weighted by Crippen LogP contribution is 2.34. The molecule has 0 unspecified atom stereocenters. The van der Waals surface area contributed by atoms with E-state index in [-0.39, 0.29) is 17.5 Å². The van der Waals surface area contributed by atoms with E-state index in [1.165, 1.54) is 17.0 Å². The normalized spacial score (nSPS) is 18.1. The van der Waals surface area contributed by atoms with E-state index in [0.717, 1.165) is 25.9 Å². The van der Waals surface area contributed by atoms with Crippen LogP contribution >= 0.6 is 0 Å². The van der Waals surface area contributed by atoms with Crippen LogP contribution in [0.1, 0.15) is 38.7 Å². The molecule has 0 aromatic heterocycles. The molecule has 2 amide bonds. The van der Waals surface area contributed by atoms with Crippen molar-refractivity contribution in [3.63, 3.8) is 0 Å². The Balaban J connectivity index is 1.92. The van der Waals surface area contributed by atoms with Gasteiger partial charge in [-0.15, -0.1) is 0 Å². The van der Waals surface area contributed by atoms with E-state index in [1.807, 2.05) is 11.8 Å². The molecule has 0 N–H and O–H groups in total. The zero-order valence-electron chi connectivity index (χ0n) is 16.9. The number of carbonyl (C=O) groups excluding carboxylic acids is 2. The van der Waals surface area contributed by atoms with Crippen molar-refractivity contribution >= 4 is 23.1 Å². The minimum absolute atomic E-state index is 0.0481. The van der Waals surface area contributed by atoms with Gasteiger partial charge in [-0.3, -0.25) is 24.6 Å². The molecule has 8 heteroatoms. The van der Waals surface area contributed by atoms with Gasteiger partial charge in [-0.1, -0.05) is 6.92 Å². The van der Waals surface area contributed by atoms with Crippen molar-refractivity contribution in [2.24, 2.45) is 5.92 Å². The summed E-state index contributed by atoms with van der Waals surface area (Å²) in [4.78, 5) is 40.1. The van der Waals surface area contributed by atoms with Crippen LogP contribution in [0.3, 0.4) is 0 Å². The molecule has 1 saturated heterocycles. The molecule has 156 valence electrons. The molecule has 0 bridgehead atoms. The third-order valence-electron chi connectivity index (χ3n) is 5.48. The SMILES string of the molecule is CCOCCCN1C(=O)C(c2ccc([N+](=O)[O-])cc2)=C(N2CCC(C)CC2)C1=O. The Morgan fingerprint density at radius 2 is 1.79 bits per heavy atom. The number of benzene rings is 1. The molecule has 1 fully saturated rings. The molecule has 29 heavy (non-hydrogen) atoms. The maximum atomic E-state index is 13.2. The van der Waals surface area contributed by atoms with Gasteiger partial charge in [-0.05, 0) is 49.8 Å². The number of nitrogens with zero attached hydrogens (tertiary/aromatic N) is 3. The third kappa shape index (κ3) is 4.48. The number of non-ortho nitro benzene ring substituents is 1. The molecular weight excluding hydrogens is 374 g/mol. The van der Waals surface area contributed by atoms with Gasteiger partial charge in [-0.2, -0.15) is 0 Å². The summed E-state index contributed by atoms with van der Waals surface area (Å²) < 4.78 is 5.33. The largest absolute Gasteiger partial charge is 0.382 e. The molecule has 0 atom stereocenters. The molecule has 3 rings (SSSR count). The molecule has 8 nitrogen and oxygen atoms in total. The van der Waals surface area contributed by atoms with Crippen molar-refractivity contribution in [2.75, 3.05) is 32.8 Å². The number of hydrogen-bond acceptors (Lipinski definition) is 6. The number of rotatable bonds is 8. The number of amides is 2. The third-order valence-corrected chi connectivity index (χ3v) is 5.48. The van der Waals surface area contributed by atoms with E-state index in [0.29, 0.717) is 48.9 Å². The molecular formula is C21H27N3O5. The van der Waals surface area contributed by atoms with Crippen LogP contribution in [0.4, 0.5) is 5.69 Å². The molecule has 1 aromatic carbocycles. The summed E-state index contributed by atoms with van der Waals surface area (Å²) in [5, 5.41) is 11.0. The Morgan fingerprint density at radius 1 is 1.14 bits per heavy atom. The highest BCUT2D eigenvalue weighted by atomic mass is 16.6. The van der Waals surface area contributed by atoms with Crippen LogP contribution in [0, 0.1) is 16.0 Å². The molecule has 0 saturated carbocycles. The maximum Gasteiger partial charge on any atom is 0.277 e. The number of nitro benzene ring substituents is 1.